The lowest BCUT2D eigenvalue weighted by atomic mass is 9.85. The summed E-state index contributed by atoms with van der Waals surface area (Å²) >= 11 is 0. The molecule has 0 aliphatic heterocycles. The van der Waals surface area contributed by atoms with Crippen LogP contribution in [0.5, 0.6) is 0 Å². The minimum Gasteiger partial charge on any atom is -0.237 e. The molecule has 1 heterocycles. The second kappa shape index (κ2) is 15.6. The second-order valence-electron chi connectivity index (χ2n) is 15.4. The Hall–Kier alpha value is -8.52. The molecule has 0 saturated heterocycles. The van der Waals surface area contributed by atoms with Crippen molar-refractivity contribution >= 4 is 38.0 Å². The van der Waals surface area contributed by atoms with Crippen LogP contribution >= 0.6 is 0 Å². The third kappa shape index (κ3) is 6.55. The minimum absolute atomic E-state index is 0.619. The van der Waals surface area contributed by atoms with Crippen molar-refractivity contribution in [1.82, 2.24) is 15.0 Å². The molecule has 0 aliphatic rings. The Morgan fingerprint density at radius 2 is 0.613 bits per heavy atom. The van der Waals surface area contributed by atoms with Crippen molar-refractivity contribution in [2.75, 3.05) is 0 Å². The molecule has 0 bridgehead atoms. The van der Waals surface area contributed by atoms with Gasteiger partial charge in [0, 0.05) is 16.7 Å². The Balaban J connectivity index is 1.12. The van der Waals surface area contributed by atoms with Gasteiger partial charge in [-0.2, -0.15) is 0 Å². The molecule has 11 rings (SSSR count). The van der Waals surface area contributed by atoms with E-state index >= 15 is 0 Å². The van der Waals surface area contributed by atoms with E-state index in [2.05, 4.69) is 126 Å². The quantitative estimate of drug-likeness (QED) is 0.119. The Morgan fingerprint density at radius 3 is 1.06 bits per heavy atom. The second-order valence-corrected chi connectivity index (χ2v) is 15.4. The van der Waals surface area contributed by atoms with E-state index in [-0.39, 0.29) is 0 Å². The molecule has 4 heteroatoms. The van der Waals surface area contributed by atoms with Gasteiger partial charge < -0.3 is 0 Å². The molecule has 1 aromatic heterocycles. The third-order valence-electron chi connectivity index (χ3n) is 11.7. The molecule has 288 valence electrons. The monoisotopic (exact) mass is 788 g/mol. The molecule has 0 atom stereocenters. The molecule has 0 radical (unpaired) electrons. The molecule has 62 heavy (non-hydrogen) atoms. The molecule has 0 fully saturated rings. The van der Waals surface area contributed by atoms with Gasteiger partial charge in [-0.05, 0) is 95.0 Å². The number of nitrogens with zero attached hydrogens (tertiary/aromatic N) is 4. The van der Waals surface area contributed by atoms with Crippen molar-refractivity contribution in [1.29, 1.82) is 0 Å². The van der Waals surface area contributed by atoms with Crippen LogP contribution in [0, 0.1) is 6.57 Å². The number of fused-ring (bicyclic) bond motifs is 5. The number of hydrogen-bond donors (Lipinski definition) is 0. The number of hydrogen-bond acceptors (Lipinski definition) is 3. The summed E-state index contributed by atoms with van der Waals surface area (Å²) in [5, 5.41) is 6.98. The first kappa shape index (κ1) is 36.6. The van der Waals surface area contributed by atoms with E-state index in [1.54, 1.807) is 0 Å². The maximum Gasteiger partial charge on any atom is 0.202 e. The number of rotatable bonds is 7. The number of aromatic nitrogens is 3. The van der Waals surface area contributed by atoms with Gasteiger partial charge in [-0.25, -0.2) is 19.8 Å². The van der Waals surface area contributed by atoms with E-state index < -0.39 is 0 Å². The number of benzene rings is 10. The van der Waals surface area contributed by atoms with Crippen LogP contribution in [0.1, 0.15) is 0 Å². The predicted octanol–water partition coefficient (Wildman–Crippen LogP) is 15.6. The fourth-order valence-corrected chi connectivity index (χ4v) is 8.78. The van der Waals surface area contributed by atoms with Crippen molar-refractivity contribution in [3.05, 3.63) is 230 Å². The smallest absolute Gasteiger partial charge is 0.202 e. The van der Waals surface area contributed by atoms with Crippen molar-refractivity contribution in [3.8, 4) is 78.7 Å². The molecule has 0 spiro atoms. The van der Waals surface area contributed by atoms with Gasteiger partial charge in [-0.3, -0.25) is 0 Å². The van der Waals surface area contributed by atoms with Gasteiger partial charge in [-0.1, -0.05) is 200 Å². The van der Waals surface area contributed by atoms with Crippen LogP contribution in [0.15, 0.2) is 218 Å². The van der Waals surface area contributed by atoms with E-state index in [0.29, 0.717) is 23.2 Å². The fraction of sp³-hybridized carbons (Fsp3) is 0. The molecule has 0 saturated carbocycles. The van der Waals surface area contributed by atoms with Crippen LogP contribution in [0.4, 0.5) is 5.69 Å². The average molecular weight is 789 g/mol. The SMILES string of the molecule is [C-]#[N+]c1c(-c2ccccc2)cc(-c2cc3c4ccccc4c(-c4cccc(-c5nc(-c6ccccc6)nc(-c6ccccc6)n5)c4)cc3c3ccccc23)cc1-c1ccccc1. The summed E-state index contributed by atoms with van der Waals surface area (Å²) in [6.07, 6.45) is 0. The van der Waals surface area contributed by atoms with Crippen LogP contribution in [0.2, 0.25) is 0 Å². The zero-order valence-electron chi connectivity index (χ0n) is 33.6. The van der Waals surface area contributed by atoms with Crippen LogP contribution in [-0.4, -0.2) is 15.0 Å². The van der Waals surface area contributed by atoms with E-state index in [0.717, 1.165) is 77.4 Å². The molecule has 0 N–H and O–H groups in total. The highest BCUT2D eigenvalue weighted by Gasteiger charge is 2.20. The minimum atomic E-state index is 0.619. The van der Waals surface area contributed by atoms with Crippen molar-refractivity contribution in [2.45, 2.75) is 0 Å². The Morgan fingerprint density at radius 1 is 0.258 bits per heavy atom. The first-order chi connectivity index (χ1) is 30.7. The van der Waals surface area contributed by atoms with E-state index in [9.17, 15) is 0 Å². The van der Waals surface area contributed by atoms with E-state index in [4.69, 9.17) is 21.5 Å². The topological polar surface area (TPSA) is 43.0 Å². The summed E-state index contributed by atoms with van der Waals surface area (Å²) in [5.41, 5.74) is 11.7. The fourth-order valence-electron chi connectivity index (χ4n) is 8.78. The maximum atomic E-state index is 8.39. The molecular formula is C58H36N4. The highest BCUT2D eigenvalue weighted by atomic mass is 15.0. The van der Waals surface area contributed by atoms with Crippen LogP contribution in [0.25, 0.3) is 116 Å². The zero-order chi connectivity index (χ0) is 41.4. The lowest BCUT2D eigenvalue weighted by molar-refractivity contribution is 1.07. The zero-order valence-corrected chi connectivity index (χ0v) is 33.6. The van der Waals surface area contributed by atoms with E-state index in [1.165, 1.54) is 16.2 Å². The predicted molar refractivity (Wildman–Crippen MR) is 257 cm³/mol. The van der Waals surface area contributed by atoms with Crippen molar-refractivity contribution in [3.63, 3.8) is 0 Å². The van der Waals surface area contributed by atoms with E-state index in [1.807, 2.05) is 97.1 Å². The molecule has 0 amide bonds. The van der Waals surface area contributed by atoms with Crippen molar-refractivity contribution in [2.24, 2.45) is 0 Å². The molecule has 4 nitrogen and oxygen atoms in total. The van der Waals surface area contributed by atoms with Crippen LogP contribution < -0.4 is 0 Å². The van der Waals surface area contributed by atoms with Gasteiger partial charge >= 0.3 is 0 Å². The highest BCUT2D eigenvalue weighted by Crippen LogP contribution is 2.47. The largest absolute Gasteiger partial charge is 0.237 e. The normalized spacial score (nSPS) is 11.2. The maximum absolute atomic E-state index is 8.39. The summed E-state index contributed by atoms with van der Waals surface area (Å²) in [4.78, 5) is 19.2. The Labute approximate surface area is 360 Å². The molecule has 10 aromatic carbocycles. The van der Waals surface area contributed by atoms with Gasteiger partial charge in [0.25, 0.3) is 0 Å². The molecular weight excluding hydrogens is 753 g/mol. The standard InChI is InChI=1S/C58H36N4/c1-59-55-51(38-19-6-2-7-20-38)34-44(35-52(55)39-21-8-3-9-22-39)50-37-54-47-31-16-14-29-45(47)49(36-53(54)48-32-17-15-30-46(48)50)42-27-18-28-43(33-42)58-61-56(40-23-10-4-11-24-40)60-57(62-58)41-25-12-5-13-26-41/h2-37H. The van der Waals surface area contributed by atoms with Gasteiger partial charge in [0.2, 0.25) is 5.69 Å². The molecule has 0 aliphatic carbocycles. The summed E-state index contributed by atoms with van der Waals surface area (Å²) in [7, 11) is 0. The van der Waals surface area contributed by atoms with Crippen LogP contribution in [0.3, 0.4) is 0 Å². The van der Waals surface area contributed by atoms with Gasteiger partial charge in [0.15, 0.2) is 17.5 Å². The highest BCUT2D eigenvalue weighted by molar-refractivity contribution is 6.24. The molecule has 0 unspecified atom stereocenters. The third-order valence-corrected chi connectivity index (χ3v) is 11.7. The Kier molecular flexibility index (Phi) is 9.19. The first-order valence-corrected chi connectivity index (χ1v) is 20.7. The summed E-state index contributed by atoms with van der Waals surface area (Å²) in [6.45, 7) is 8.39. The lowest BCUT2D eigenvalue weighted by Gasteiger charge is -2.18. The van der Waals surface area contributed by atoms with Gasteiger partial charge in [-0.15, -0.1) is 0 Å². The summed E-state index contributed by atoms with van der Waals surface area (Å²) in [5.74, 6) is 1.89. The lowest BCUT2D eigenvalue weighted by Crippen LogP contribution is -2.00. The van der Waals surface area contributed by atoms with Crippen LogP contribution in [-0.2, 0) is 0 Å². The average Bonchev–Trinajstić information content (AvgIpc) is 3.36. The first-order valence-electron chi connectivity index (χ1n) is 20.7. The summed E-state index contributed by atoms with van der Waals surface area (Å²) in [6, 6.07) is 75.9. The van der Waals surface area contributed by atoms with Gasteiger partial charge in [0.1, 0.15) is 0 Å². The van der Waals surface area contributed by atoms with Crippen molar-refractivity contribution < 1.29 is 0 Å². The Bertz CT molecular complexity index is 3390. The molecule has 11 aromatic rings. The summed E-state index contributed by atoms with van der Waals surface area (Å²) < 4.78 is 0. The van der Waals surface area contributed by atoms with Gasteiger partial charge in [0.05, 0.1) is 6.57 Å².